The van der Waals surface area contributed by atoms with Crippen molar-refractivity contribution in [3.05, 3.63) is 83.2 Å². The molecule has 0 amide bonds. The van der Waals surface area contributed by atoms with Gasteiger partial charge in [0.2, 0.25) is 11.4 Å². The number of carbonyl (C=O) groups is 2. The molecule has 0 saturated heterocycles. The fourth-order valence-corrected chi connectivity index (χ4v) is 3.92. The number of halogens is 3. The Hall–Kier alpha value is -3.37. The van der Waals surface area contributed by atoms with E-state index in [4.69, 9.17) is 14.2 Å². The number of allylic oxidation sites excluding steroid dienone is 4. The number of rotatable bonds is 7. The van der Waals surface area contributed by atoms with Crippen LogP contribution in [0.5, 0.6) is 0 Å². The zero-order valence-corrected chi connectivity index (χ0v) is 18.6. The van der Waals surface area contributed by atoms with Gasteiger partial charge in [-0.25, -0.2) is 4.79 Å². The number of aliphatic hydroxyl groups excluding tert-OH is 1. The molecule has 10 heteroatoms. The Morgan fingerprint density at radius 3 is 2.41 bits per heavy atom. The van der Waals surface area contributed by atoms with Gasteiger partial charge < -0.3 is 24.1 Å². The molecule has 0 aromatic heterocycles. The summed E-state index contributed by atoms with van der Waals surface area (Å²) in [5.74, 6) is -3.17. The summed E-state index contributed by atoms with van der Waals surface area (Å²) in [6.07, 6.45) is -2.46. The summed E-state index contributed by atoms with van der Waals surface area (Å²) in [5, 5.41) is 10.8. The third-order valence-electron chi connectivity index (χ3n) is 5.54. The second-order valence-electron chi connectivity index (χ2n) is 7.69. The molecular formula is C24H23F3O7. The second-order valence-corrected chi connectivity index (χ2v) is 7.69. The first-order chi connectivity index (χ1) is 16.0. The topological polar surface area (TPSA) is 91.3 Å². The van der Waals surface area contributed by atoms with Gasteiger partial charge in [0.05, 0.1) is 7.11 Å². The molecule has 182 valence electrons. The van der Waals surface area contributed by atoms with Crippen LogP contribution in [0.2, 0.25) is 0 Å². The van der Waals surface area contributed by atoms with Crippen LogP contribution in [0.4, 0.5) is 13.2 Å². The molecule has 1 N–H and O–H groups in total. The van der Waals surface area contributed by atoms with Crippen molar-refractivity contribution in [3.8, 4) is 0 Å². The standard InChI is InChI=1S/C24H23F3O7/c1-14-9-15(18-12-33-13-19(34-18)22(30)31-2)11-16(10-14)20(28)21(29)23(32-3,24(25,26)27)17-7-5-4-6-8-17/h4-10,12-13,16,21,29H,11H2,1-3H3. The van der Waals surface area contributed by atoms with Crippen molar-refractivity contribution in [2.45, 2.75) is 31.2 Å². The molecular weight excluding hydrogens is 457 g/mol. The Kier molecular flexibility index (Phi) is 7.32. The fraction of sp³-hybridized carbons (Fsp3) is 0.333. The highest BCUT2D eigenvalue weighted by Crippen LogP contribution is 2.46. The summed E-state index contributed by atoms with van der Waals surface area (Å²) in [6, 6.07) is 6.50. The molecule has 0 saturated carbocycles. The third-order valence-corrected chi connectivity index (χ3v) is 5.54. The third kappa shape index (κ3) is 4.64. The Bertz CT molecular complexity index is 1070. The average molecular weight is 480 g/mol. The van der Waals surface area contributed by atoms with Gasteiger partial charge >= 0.3 is 12.1 Å². The Labute approximate surface area is 193 Å². The number of aliphatic hydroxyl groups is 1. The van der Waals surface area contributed by atoms with Crippen molar-refractivity contribution >= 4 is 11.8 Å². The maximum Gasteiger partial charge on any atom is 0.424 e. The van der Waals surface area contributed by atoms with E-state index < -0.39 is 41.1 Å². The molecule has 1 aromatic rings. The van der Waals surface area contributed by atoms with Crippen molar-refractivity contribution < 1.29 is 46.8 Å². The van der Waals surface area contributed by atoms with E-state index in [0.717, 1.165) is 32.6 Å². The minimum absolute atomic E-state index is 0.0829. The monoisotopic (exact) mass is 480 g/mol. The highest BCUT2D eigenvalue weighted by Gasteiger charge is 2.63. The molecule has 0 bridgehead atoms. The van der Waals surface area contributed by atoms with Crippen molar-refractivity contribution in [3.63, 3.8) is 0 Å². The van der Waals surface area contributed by atoms with E-state index in [-0.39, 0.29) is 17.9 Å². The summed E-state index contributed by atoms with van der Waals surface area (Å²) in [6.45, 7) is 1.64. The first-order valence-electron chi connectivity index (χ1n) is 10.2. The predicted molar refractivity (Wildman–Crippen MR) is 112 cm³/mol. The summed E-state index contributed by atoms with van der Waals surface area (Å²) < 4.78 is 62.8. The number of methoxy groups -OCH3 is 2. The van der Waals surface area contributed by atoms with Crippen molar-refractivity contribution in [2.24, 2.45) is 5.92 Å². The molecule has 3 atom stereocenters. The van der Waals surface area contributed by atoms with Crippen LogP contribution in [0.3, 0.4) is 0 Å². The molecule has 3 rings (SSSR count). The molecule has 1 aliphatic carbocycles. The van der Waals surface area contributed by atoms with Crippen LogP contribution in [0, 0.1) is 5.92 Å². The van der Waals surface area contributed by atoms with Gasteiger partial charge in [0.1, 0.15) is 12.5 Å². The van der Waals surface area contributed by atoms with E-state index in [0.29, 0.717) is 11.1 Å². The molecule has 0 fully saturated rings. The van der Waals surface area contributed by atoms with Gasteiger partial charge in [-0.3, -0.25) is 4.79 Å². The van der Waals surface area contributed by atoms with Gasteiger partial charge in [0, 0.05) is 13.0 Å². The Balaban J connectivity index is 1.90. The lowest BCUT2D eigenvalue weighted by molar-refractivity contribution is -0.302. The molecule has 1 aromatic carbocycles. The molecule has 0 spiro atoms. The maximum absolute atomic E-state index is 14.3. The molecule has 34 heavy (non-hydrogen) atoms. The van der Waals surface area contributed by atoms with E-state index in [1.807, 2.05) is 0 Å². The predicted octanol–water partition coefficient (Wildman–Crippen LogP) is 3.82. The number of alkyl halides is 3. The average Bonchev–Trinajstić information content (AvgIpc) is 2.83. The van der Waals surface area contributed by atoms with E-state index >= 15 is 0 Å². The normalized spacial score (nSPS) is 20.9. The number of Topliss-reactive ketones (excluding diaryl/α,β-unsaturated/α-hetero) is 1. The summed E-state index contributed by atoms with van der Waals surface area (Å²) in [7, 11) is 1.95. The lowest BCUT2D eigenvalue weighted by atomic mass is 9.78. The molecule has 2 aliphatic rings. The lowest BCUT2D eigenvalue weighted by Crippen LogP contribution is -2.57. The molecule has 3 unspecified atom stereocenters. The van der Waals surface area contributed by atoms with Crippen LogP contribution < -0.4 is 0 Å². The fourth-order valence-electron chi connectivity index (χ4n) is 3.92. The van der Waals surface area contributed by atoms with E-state index in [1.165, 1.54) is 30.5 Å². The first kappa shape index (κ1) is 25.3. The largest absolute Gasteiger partial charge is 0.465 e. The highest BCUT2D eigenvalue weighted by atomic mass is 19.4. The lowest BCUT2D eigenvalue weighted by Gasteiger charge is -2.39. The van der Waals surface area contributed by atoms with E-state index in [9.17, 15) is 27.9 Å². The molecule has 7 nitrogen and oxygen atoms in total. The SMILES string of the molecule is COC(=O)C1=COC=C(C2=CC(C)=CC(C(=O)C(O)C(OC)(c3ccccc3)C(F)(F)F)C2)O1. The van der Waals surface area contributed by atoms with Crippen LogP contribution in [-0.2, 0) is 34.1 Å². The summed E-state index contributed by atoms with van der Waals surface area (Å²) in [4.78, 5) is 25.0. The number of ether oxygens (including phenoxy) is 4. The molecule has 0 radical (unpaired) electrons. The van der Waals surface area contributed by atoms with Gasteiger partial charge in [0.15, 0.2) is 17.6 Å². The number of esters is 1. The summed E-state index contributed by atoms with van der Waals surface area (Å²) >= 11 is 0. The van der Waals surface area contributed by atoms with Gasteiger partial charge in [-0.2, -0.15) is 13.2 Å². The minimum atomic E-state index is -5.10. The van der Waals surface area contributed by atoms with Gasteiger partial charge in [-0.15, -0.1) is 0 Å². The summed E-state index contributed by atoms with van der Waals surface area (Å²) in [5.41, 5.74) is -2.74. The minimum Gasteiger partial charge on any atom is -0.465 e. The number of benzene rings is 1. The number of ketones is 1. The number of hydrogen-bond acceptors (Lipinski definition) is 7. The van der Waals surface area contributed by atoms with Crippen LogP contribution >= 0.6 is 0 Å². The highest BCUT2D eigenvalue weighted by molar-refractivity contribution is 5.89. The maximum atomic E-state index is 14.3. The Morgan fingerprint density at radius 1 is 1.15 bits per heavy atom. The van der Waals surface area contributed by atoms with Crippen molar-refractivity contribution in [1.82, 2.24) is 0 Å². The molecule has 1 heterocycles. The zero-order valence-electron chi connectivity index (χ0n) is 18.6. The quantitative estimate of drug-likeness (QED) is 0.594. The Morgan fingerprint density at radius 2 is 1.82 bits per heavy atom. The van der Waals surface area contributed by atoms with Crippen molar-refractivity contribution in [1.29, 1.82) is 0 Å². The van der Waals surface area contributed by atoms with E-state index in [1.54, 1.807) is 13.0 Å². The number of hydrogen-bond donors (Lipinski definition) is 1. The zero-order chi connectivity index (χ0) is 25.1. The van der Waals surface area contributed by atoms with Crippen LogP contribution in [0.25, 0.3) is 0 Å². The van der Waals surface area contributed by atoms with Gasteiger partial charge in [0.25, 0.3) is 0 Å². The number of carbonyl (C=O) groups excluding carboxylic acids is 2. The van der Waals surface area contributed by atoms with Crippen LogP contribution in [0.15, 0.2) is 77.7 Å². The smallest absolute Gasteiger partial charge is 0.424 e. The second kappa shape index (κ2) is 9.86. The van der Waals surface area contributed by atoms with Gasteiger partial charge in [-0.1, -0.05) is 48.1 Å². The van der Waals surface area contributed by atoms with Crippen LogP contribution in [-0.4, -0.2) is 43.4 Å². The van der Waals surface area contributed by atoms with Crippen LogP contribution in [0.1, 0.15) is 18.9 Å². The first-order valence-corrected chi connectivity index (χ1v) is 10.2. The molecule has 1 aliphatic heterocycles. The van der Waals surface area contributed by atoms with Crippen molar-refractivity contribution in [2.75, 3.05) is 14.2 Å². The van der Waals surface area contributed by atoms with E-state index in [2.05, 4.69) is 4.74 Å². The van der Waals surface area contributed by atoms with Gasteiger partial charge in [-0.05, 0) is 24.5 Å².